The van der Waals surface area contributed by atoms with Crippen LogP contribution in [0, 0.1) is 0 Å². The van der Waals surface area contributed by atoms with Gasteiger partial charge in [0.2, 0.25) is 0 Å². The summed E-state index contributed by atoms with van der Waals surface area (Å²) in [5, 5.41) is 0. The van der Waals surface area contributed by atoms with Crippen LogP contribution in [-0.2, 0) is 11.2 Å². The van der Waals surface area contributed by atoms with Gasteiger partial charge in [-0.3, -0.25) is 9.78 Å². The Morgan fingerprint density at radius 3 is 2.88 bits per heavy atom. The van der Waals surface area contributed by atoms with Crippen molar-refractivity contribution in [3.8, 4) is 0 Å². The lowest BCUT2D eigenvalue weighted by Crippen LogP contribution is -2.42. The van der Waals surface area contributed by atoms with Gasteiger partial charge in [-0.05, 0) is 18.4 Å². The molecule has 0 aliphatic carbocycles. The molecular formula is C19H21N3O2. The van der Waals surface area contributed by atoms with Crippen LogP contribution in [-0.4, -0.2) is 46.1 Å². The minimum Gasteiger partial charge on any atom is -0.372 e. The van der Waals surface area contributed by atoms with E-state index in [9.17, 15) is 4.79 Å². The molecule has 24 heavy (non-hydrogen) atoms. The molecule has 0 saturated carbocycles. The molecule has 0 N–H and O–H groups in total. The number of amides is 1. The van der Waals surface area contributed by atoms with Crippen molar-refractivity contribution in [3.63, 3.8) is 0 Å². The zero-order valence-corrected chi connectivity index (χ0v) is 13.5. The molecule has 5 nitrogen and oxygen atoms in total. The van der Waals surface area contributed by atoms with Crippen LogP contribution < -0.4 is 0 Å². The van der Waals surface area contributed by atoms with Gasteiger partial charge in [0.15, 0.2) is 0 Å². The summed E-state index contributed by atoms with van der Waals surface area (Å²) in [6, 6.07) is 10.2. The SMILES string of the molecule is C=CCO[C@@H]1CCN(C(=O)c2cnccn2)[C@@H]1Cc1ccccc1. The van der Waals surface area contributed by atoms with Crippen molar-refractivity contribution < 1.29 is 9.53 Å². The molecule has 1 saturated heterocycles. The lowest BCUT2D eigenvalue weighted by molar-refractivity contribution is 0.0377. The van der Waals surface area contributed by atoms with E-state index in [1.165, 1.54) is 11.8 Å². The van der Waals surface area contributed by atoms with E-state index in [1.807, 2.05) is 23.1 Å². The maximum absolute atomic E-state index is 12.8. The first kappa shape index (κ1) is 16.3. The zero-order chi connectivity index (χ0) is 16.8. The Morgan fingerprint density at radius 1 is 1.33 bits per heavy atom. The molecule has 0 unspecified atom stereocenters. The second kappa shape index (κ2) is 7.84. The highest BCUT2D eigenvalue weighted by molar-refractivity contribution is 5.92. The third-order valence-electron chi connectivity index (χ3n) is 4.24. The first-order valence-electron chi connectivity index (χ1n) is 8.13. The number of carbonyl (C=O) groups excluding carboxylic acids is 1. The first-order valence-corrected chi connectivity index (χ1v) is 8.13. The highest BCUT2D eigenvalue weighted by Crippen LogP contribution is 2.26. The normalized spacial score (nSPS) is 20.1. The van der Waals surface area contributed by atoms with Crippen molar-refractivity contribution in [2.45, 2.75) is 25.0 Å². The molecule has 2 aromatic rings. The predicted molar refractivity (Wildman–Crippen MR) is 91.6 cm³/mol. The van der Waals surface area contributed by atoms with Gasteiger partial charge in [0.25, 0.3) is 5.91 Å². The summed E-state index contributed by atoms with van der Waals surface area (Å²) in [4.78, 5) is 22.8. The van der Waals surface area contributed by atoms with Gasteiger partial charge in [0, 0.05) is 18.9 Å². The van der Waals surface area contributed by atoms with Crippen molar-refractivity contribution in [1.82, 2.24) is 14.9 Å². The number of nitrogens with zero attached hydrogens (tertiary/aromatic N) is 3. The largest absolute Gasteiger partial charge is 0.372 e. The average molecular weight is 323 g/mol. The molecule has 1 amide bonds. The molecule has 1 aromatic heterocycles. The van der Waals surface area contributed by atoms with Crippen LogP contribution in [0.1, 0.15) is 22.5 Å². The number of benzene rings is 1. The van der Waals surface area contributed by atoms with Gasteiger partial charge in [-0.1, -0.05) is 36.4 Å². The fraction of sp³-hybridized carbons (Fsp3) is 0.316. The minimum atomic E-state index is -0.0891. The topological polar surface area (TPSA) is 55.3 Å². The lowest BCUT2D eigenvalue weighted by atomic mass is 10.0. The molecule has 2 atom stereocenters. The second-order valence-corrected chi connectivity index (χ2v) is 5.80. The average Bonchev–Trinajstić information content (AvgIpc) is 3.03. The number of hydrogen-bond donors (Lipinski definition) is 0. The molecule has 1 aliphatic rings. The van der Waals surface area contributed by atoms with Gasteiger partial charge < -0.3 is 9.64 Å². The van der Waals surface area contributed by atoms with Gasteiger partial charge in [-0.25, -0.2) is 4.98 Å². The number of carbonyl (C=O) groups is 1. The maximum Gasteiger partial charge on any atom is 0.274 e. The Hall–Kier alpha value is -2.53. The smallest absolute Gasteiger partial charge is 0.274 e. The third-order valence-corrected chi connectivity index (χ3v) is 4.24. The molecule has 3 rings (SSSR count). The van der Waals surface area contributed by atoms with Crippen LogP contribution in [0.15, 0.2) is 61.6 Å². The van der Waals surface area contributed by atoms with E-state index in [2.05, 4.69) is 28.7 Å². The molecule has 2 heterocycles. The Bertz CT molecular complexity index is 676. The summed E-state index contributed by atoms with van der Waals surface area (Å²) in [6.07, 6.45) is 7.95. The van der Waals surface area contributed by atoms with Crippen molar-refractivity contribution in [2.24, 2.45) is 0 Å². The van der Waals surface area contributed by atoms with Gasteiger partial charge >= 0.3 is 0 Å². The zero-order valence-electron chi connectivity index (χ0n) is 13.5. The minimum absolute atomic E-state index is 0.00354. The standard InChI is InChI=1S/C19H21N3O2/c1-2-12-24-18-8-11-22(19(23)16-14-20-9-10-21-16)17(18)13-15-6-4-3-5-7-15/h2-7,9-10,14,17-18H,1,8,11-13H2/t17-,18-/m1/s1. The number of likely N-dealkylation sites (tertiary alicyclic amines) is 1. The quantitative estimate of drug-likeness (QED) is 0.767. The number of hydrogen-bond acceptors (Lipinski definition) is 4. The molecular weight excluding hydrogens is 302 g/mol. The summed E-state index contributed by atoms with van der Waals surface area (Å²) < 4.78 is 5.91. The number of aromatic nitrogens is 2. The van der Waals surface area contributed by atoms with Crippen molar-refractivity contribution in [1.29, 1.82) is 0 Å². The van der Waals surface area contributed by atoms with Crippen LogP contribution in [0.2, 0.25) is 0 Å². The summed E-state index contributed by atoms with van der Waals surface area (Å²) in [6.45, 7) is 4.86. The summed E-state index contributed by atoms with van der Waals surface area (Å²) in [5.74, 6) is -0.0891. The Balaban J connectivity index is 1.81. The maximum atomic E-state index is 12.8. The predicted octanol–water partition coefficient (Wildman–Crippen LogP) is 2.51. The van der Waals surface area contributed by atoms with E-state index in [1.54, 1.807) is 18.5 Å². The van der Waals surface area contributed by atoms with E-state index in [4.69, 9.17) is 4.74 Å². The van der Waals surface area contributed by atoms with E-state index in [-0.39, 0.29) is 18.1 Å². The van der Waals surface area contributed by atoms with Gasteiger partial charge in [-0.2, -0.15) is 0 Å². The van der Waals surface area contributed by atoms with Gasteiger partial charge in [0.05, 0.1) is 24.9 Å². The highest BCUT2D eigenvalue weighted by atomic mass is 16.5. The molecule has 1 aromatic carbocycles. The van der Waals surface area contributed by atoms with Crippen molar-refractivity contribution in [2.75, 3.05) is 13.2 Å². The number of ether oxygens (including phenoxy) is 1. The second-order valence-electron chi connectivity index (χ2n) is 5.80. The molecule has 0 bridgehead atoms. The van der Waals surface area contributed by atoms with Crippen LogP contribution in [0.4, 0.5) is 0 Å². The van der Waals surface area contributed by atoms with E-state index >= 15 is 0 Å². The van der Waals surface area contributed by atoms with Gasteiger partial charge in [0.1, 0.15) is 5.69 Å². The molecule has 1 aliphatic heterocycles. The molecule has 124 valence electrons. The third kappa shape index (κ3) is 3.68. The molecule has 1 fully saturated rings. The summed E-state index contributed by atoms with van der Waals surface area (Å²) in [7, 11) is 0. The van der Waals surface area contributed by atoms with Crippen LogP contribution >= 0.6 is 0 Å². The van der Waals surface area contributed by atoms with Crippen molar-refractivity contribution in [3.05, 3.63) is 72.8 Å². The van der Waals surface area contributed by atoms with Crippen LogP contribution in [0.25, 0.3) is 0 Å². The fourth-order valence-electron chi connectivity index (χ4n) is 3.12. The summed E-state index contributed by atoms with van der Waals surface area (Å²) >= 11 is 0. The van der Waals surface area contributed by atoms with Crippen LogP contribution in [0.5, 0.6) is 0 Å². The molecule has 0 radical (unpaired) electrons. The first-order chi connectivity index (χ1) is 11.8. The molecule has 0 spiro atoms. The lowest BCUT2D eigenvalue weighted by Gasteiger charge is -2.28. The monoisotopic (exact) mass is 323 g/mol. The molecule has 5 heteroatoms. The fourth-order valence-corrected chi connectivity index (χ4v) is 3.12. The van der Waals surface area contributed by atoms with E-state index in [0.717, 1.165) is 12.8 Å². The Kier molecular flexibility index (Phi) is 5.33. The summed E-state index contributed by atoms with van der Waals surface area (Å²) in [5.41, 5.74) is 1.56. The van der Waals surface area contributed by atoms with Crippen LogP contribution in [0.3, 0.4) is 0 Å². The Labute approximate surface area is 142 Å². The Morgan fingerprint density at radius 2 is 2.17 bits per heavy atom. The van der Waals surface area contributed by atoms with E-state index < -0.39 is 0 Å². The van der Waals surface area contributed by atoms with Gasteiger partial charge in [-0.15, -0.1) is 6.58 Å². The number of rotatable bonds is 6. The highest BCUT2D eigenvalue weighted by Gasteiger charge is 2.38. The van der Waals surface area contributed by atoms with E-state index in [0.29, 0.717) is 18.8 Å². The van der Waals surface area contributed by atoms with Crippen molar-refractivity contribution >= 4 is 5.91 Å².